The van der Waals surface area contributed by atoms with Gasteiger partial charge in [0.1, 0.15) is 12.6 Å². The predicted molar refractivity (Wildman–Crippen MR) is 56.6 cm³/mol. The molecule has 0 aromatic carbocycles. The van der Waals surface area contributed by atoms with Crippen LogP contribution in [0.3, 0.4) is 0 Å². The predicted octanol–water partition coefficient (Wildman–Crippen LogP) is 0.187. The summed E-state index contributed by atoms with van der Waals surface area (Å²) >= 11 is 0. The van der Waals surface area contributed by atoms with Crippen LogP contribution in [0.1, 0.15) is 12.8 Å². The van der Waals surface area contributed by atoms with E-state index in [1.807, 2.05) is 0 Å². The average Bonchev–Trinajstić information content (AvgIpc) is 2.65. The fourth-order valence-electron chi connectivity index (χ4n) is 1.63. The highest BCUT2D eigenvalue weighted by Gasteiger charge is 2.18. The van der Waals surface area contributed by atoms with Gasteiger partial charge >= 0.3 is 5.97 Å². The molecular formula is C10H15N3O3. The van der Waals surface area contributed by atoms with Gasteiger partial charge < -0.3 is 15.2 Å². The summed E-state index contributed by atoms with van der Waals surface area (Å²) in [5.41, 5.74) is 6.02. The van der Waals surface area contributed by atoms with Crippen molar-refractivity contribution in [2.75, 3.05) is 18.9 Å². The van der Waals surface area contributed by atoms with Crippen molar-refractivity contribution in [1.29, 1.82) is 0 Å². The molecule has 1 aliphatic rings. The number of carbonyl (C=O) groups excluding carboxylic acids is 1. The third-order valence-electron chi connectivity index (χ3n) is 2.36. The summed E-state index contributed by atoms with van der Waals surface area (Å²) in [6, 6.07) is 0. The Balaban J connectivity index is 1.79. The van der Waals surface area contributed by atoms with Crippen LogP contribution < -0.4 is 5.73 Å². The molecule has 0 aliphatic carbocycles. The lowest BCUT2D eigenvalue weighted by atomic mass is 10.2. The van der Waals surface area contributed by atoms with Crippen LogP contribution in [-0.4, -0.2) is 35.1 Å². The molecule has 1 saturated heterocycles. The minimum absolute atomic E-state index is 0.0910. The van der Waals surface area contributed by atoms with E-state index in [2.05, 4.69) is 5.10 Å². The van der Waals surface area contributed by atoms with Crippen molar-refractivity contribution in [3.05, 3.63) is 12.4 Å². The van der Waals surface area contributed by atoms with Gasteiger partial charge in [-0.05, 0) is 12.8 Å². The Morgan fingerprint density at radius 2 is 2.62 bits per heavy atom. The highest BCUT2D eigenvalue weighted by molar-refractivity contribution is 5.69. The van der Waals surface area contributed by atoms with Crippen LogP contribution in [0.4, 0.5) is 5.69 Å². The van der Waals surface area contributed by atoms with Crippen LogP contribution in [0.5, 0.6) is 0 Å². The van der Waals surface area contributed by atoms with E-state index in [9.17, 15) is 4.79 Å². The molecule has 2 rings (SSSR count). The van der Waals surface area contributed by atoms with E-state index in [-0.39, 0.29) is 18.6 Å². The van der Waals surface area contributed by atoms with E-state index < -0.39 is 0 Å². The number of nitrogens with zero attached hydrogens (tertiary/aromatic N) is 2. The maximum Gasteiger partial charge on any atom is 0.328 e. The second kappa shape index (κ2) is 4.98. The fourth-order valence-corrected chi connectivity index (χ4v) is 1.63. The molecule has 0 amide bonds. The van der Waals surface area contributed by atoms with Gasteiger partial charge in [-0.1, -0.05) is 0 Å². The highest BCUT2D eigenvalue weighted by atomic mass is 16.6. The monoisotopic (exact) mass is 225 g/mol. The molecule has 0 spiro atoms. The SMILES string of the molecule is Nc1cnn(CC(=O)OC2CCCOC2)c1. The number of ether oxygens (including phenoxy) is 2. The normalized spacial score (nSPS) is 20.6. The zero-order chi connectivity index (χ0) is 11.4. The highest BCUT2D eigenvalue weighted by Crippen LogP contribution is 2.10. The first-order chi connectivity index (χ1) is 7.74. The number of rotatable bonds is 3. The van der Waals surface area contributed by atoms with Crippen LogP contribution in [0.15, 0.2) is 12.4 Å². The van der Waals surface area contributed by atoms with Crippen molar-refractivity contribution < 1.29 is 14.3 Å². The molecule has 1 unspecified atom stereocenters. The number of hydrogen-bond acceptors (Lipinski definition) is 5. The van der Waals surface area contributed by atoms with E-state index in [4.69, 9.17) is 15.2 Å². The van der Waals surface area contributed by atoms with Crippen molar-refractivity contribution in [3.8, 4) is 0 Å². The van der Waals surface area contributed by atoms with Crippen LogP contribution in [0, 0.1) is 0 Å². The number of hydrogen-bond donors (Lipinski definition) is 1. The number of nitrogens with two attached hydrogens (primary N) is 1. The summed E-state index contributed by atoms with van der Waals surface area (Å²) in [6.45, 7) is 1.34. The third kappa shape index (κ3) is 2.96. The van der Waals surface area contributed by atoms with E-state index in [1.165, 1.54) is 10.9 Å². The standard InChI is InChI=1S/C10H15N3O3/c11-8-4-12-13(5-8)6-10(14)16-9-2-1-3-15-7-9/h4-5,9H,1-3,6-7,11H2. The third-order valence-corrected chi connectivity index (χ3v) is 2.36. The molecule has 6 nitrogen and oxygen atoms in total. The molecule has 16 heavy (non-hydrogen) atoms. The number of esters is 1. The van der Waals surface area contributed by atoms with Crippen molar-refractivity contribution in [1.82, 2.24) is 9.78 Å². The van der Waals surface area contributed by atoms with E-state index in [0.717, 1.165) is 19.4 Å². The first-order valence-corrected chi connectivity index (χ1v) is 5.29. The summed E-state index contributed by atoms with van der Waals surface area (Å²) in [5, 5.41) is 3.91. The summed E-state index contributed by atoms with van der Waals surface area (Å²) in [4.78, 5) is 11.5. The van der Waals surface area contributed by atoms with Gasteiger partial charge in [0.15, 0.2) is 0 Å². The number of carbonyl (C=O) groups is 1. The molecule has 1 atom stereocenters. The Bertz CT molecular complexity index is 358. The van der Waals surface area contributed by atoms with E-state index in [0.29, 0.717) is 12.3 Å². The Hall–Kier alpha value is -1.56. The molecule has 0 bridgehead atoms. The molecule has 1 aromatic rings. The Morgan fingerprint density at radius 3 is 3.25 bits per heavy atom. The summed E-state index contributed by atoms with van der Waals surface area (Å²) in [5.74, 6) is -0.307. The average molecular weight is 225 g/mol. The van der Waals surface area contributed by atoms with Gasteiger partial charge in [0.2, 0.25) is 0 Å². The van der Waals surface area contributed by atoms with Gasteiger partial charge in [0.25, 0.3) is 0 Å². The van der Waals surface area contributed by atoms with Gasteiger partial charge in [-0.3, -0.25) is 9.48 Å². The second-order valence-corrected chi connectivity index (χ2v) is 3.80. The summed E-state index contributed by atoms with van der Waals surface area (Å²) in [6.07, 6.45) is 4.78. The Labute approximate surface area is 93.3 Å². The largest absolute Gasteiger partial charge is 0.459 e. The van der Waals surface area contributed by atoms with Crippen LogP contribution in [0.2, 0.25) is 0 Å². The molecule has 0 saturated carbocycles. The lowest BCUT2D eigenvalue weighted by Crippen LogP contribution is -2.29. The number of nitrogen functional groups attached to an aromatic ring is 1. The zero-order valence-corrected chi connectivity index (χ0v) is 8.96. The van der Waals surface area contributed by atoms with Crippen molar-refractivity contribution >= 4 is 11.7 Å². The van der Waals surface area contributed by atoms with Gasteiger partial charge in [0, 0.05) is 12.8 Å². The first-order valence-electron chi connectivity index (χ1n) is 5.29. The number of aromatic nitrogens is 2. The molecule has 0 radical (unpaired) electrons. The Kier molecular flexibility index (Phi) is 3.40. The summed E-state index contributed by atoms with van der Waals surface area (Å²) < 4.78 is 11.9. The lowest BCUT2D eigenvalue weighted by Gasteiger charge is -2.22. The van der Waals surface area contributed by atoms with Gasteiger partial charge in [-0.15, -0.1) is 0 Å². The minimum atomic E-state index is -0.307. The van der Waals surface area contributed by atoms with Crippen LogP contribution in [0.25, 0.3) is 0 Å². The molecule has 6 heteroatoms. The summed E-state index contributed by atoms with van der Waals surface area (Å²) in [7, 11) is 0. The van der Waals surface area contributed by atoms with Gasteiger partial charge in [-0.2, -0.15) is 5.10 Å². The molecule has 1 aliphatic heterocycles. The van der Waals surface area contributed by atoms with E-state index in [1.54, 1.807) is 6.20 Å². The topological polar surface area (TPSA) is 79.4 Å². The van der Waals surface area contributed by atoms with Gasteiger partial charge in [0.05, 0.1) is 18.5 Å². The van der Waals surface area contributed by atoms with Crippen LogP contribution >= 0.6 is 0 Å². The van der Waals surface area contributed by atoms with Crippen molar-refractivity contribution in [3.63, 3.8) is 0 Å². The number of anilines is 1. The zero-order valence-electron chi connectivity index (χ0n) is 8.96. The van der Waals surface area contributed by atoms with E-state index >= 15 is 0 Å². The minimum Gasteiger partial charge on any atom is -0.459 e. The molecule has 2 heterocycles. The quantitative estimate of drug-likeness (QED) is 0.743. The van der Waals surface area contributed by atoms with Crippen molar-refractivity contribution in [2.45, 2.75) is 25.5 Å². The maximum absolute atomic E-state index is 11.5. The first kappa shape index (κ1) is 10.9. The Morgan fingerprint density at radius 1 is 1.75 bits per heavy atom. The second-order valence-electron chi connectivity index (χ2n) is 3.80. The molecule has 1 aromatic heterocycles. The fraction of sp³-hybridized carbons (Fsp3) is 0.600. The molecule has 2 N–H and O–H groups in total. The smallest absolute Gasteiger partial charge is 0.328 e. The maximum atomic E-state index is 11.5. The molecule has 88 valence electrons. The molecule has 1 fully saturated rings. The lowest BCUT2D eigenvalue weighted by molar-refractivity contribution is -0.156. The van der Waals surface area contributed by atoms with Crippen molar-refractivity contribution in [2.24, 2.45) is 0 Å². The molecular weight excluding hydrogens is 210 g/mol. The van der Waals surface area contributed by atoms with Crippen LogP contribution in [-0.2, 0) is 20.8 Å². The van der Waals surface area contributed by atoms with Gasteiger partial charge in [-0.25, -0.2) is 0 Å².